The molecule has 0 N–H and O–H groups in total. The van der Waals surface area contributed by atoms with Crippen molar-refractivity contribution in [2.24, 2.45) is 5.92 Å². The van der Waals surface area contributed by atoms with Crippen molar-refractivity contribution in [2.75, 3.05) is 33.9 Å². The molecule has 26 heavy (non-hydrogen) atoms. The van der Waals surface area contributed by atoms with Crippen LogP contribution in [0.4, 0.5) is 0 Å². The van der Waals surface area contributed by atoms with Crippen molar-refractivity contribution < 1.29 is 9.47 Å². The minimum Gasteiger partial charge on any atom is -0.497 e. The normalized spacial score (nSPS) is 15.8. The number of nitrogens with zero attached hydrogens (tertiary/aromatic N) is 1. The summed E-state index contributed by atoms with van der Waals surface area (Å²) in [6.45, 7) is 3.48. The second-order valence-electron chi connectivity index (χ2n) is 7.05. The van der Waals surface area contributed by atoms with Gasteiger partial charge in [0.2, 0.25) is 0 Å². The van der Waals surface area contributed by atoms with Crippen molar-refractivity contribution in [1.82, 2.24) is 4.90 Å². The topological polar surface area (TPSA) is 21.7 Å². The number of para-hydroxylation sites is 1. The molecule has 4 heteroatoms. The van der Waals surface area contributed by atoms with E-state index in [1.54, 1.807) is 14.2 Å². The number of rotatable bonds is 7. The van der Waals surface area contributed by atoms with Crippen molar-refractivity contribution >= 4 is 15.9 Å². The van der Waals surface area contributed by atoms with Crippen molar-refractivity contribution in [3.8, 4) is 11.5 Å². The average Bonchev–Trinajstić information content (AvgIpc) is 2.67. The van der Waals surface area contributed by atoms with E-state index in [1.807, 2.05) is 18.2 Å². The summed E-state index contributed by atoms with van der Waals surface area (Å²) in [5.74, 6) is 2.70. The molecule has 3 rings (SSSR count). The zero-order chi connectivity index (χ0) is 18.4. The highest BCUT2D eigenvalue weighted by Gasteiger charge is 2.20. The van der Waals surface area contributed by atoms with Crippen LogP contribution in [0.3, 0.4) is 0 Å². The van der Waals surface area contributed by atoms with Crippen LogP contribution in [0, 0.1) is 5.92 Å². The summed E-state index contributed by atoms with van der Waals surface area (Å²) in [4.78, 5) is 2.59. The highest BCUT2D eigenvalue weighted by molar-refractivity contribution is 9.10. The quantitative estimate of drug-likeness (QED) is 0.634. The lowest BCUT2D eigenvalue weighted by Gasteiger charge is -2.32. The Hall–Kier alpha value is -1.52. The minimum atomic E-state index is 0.761. The SMILES string of the molecule is COc1cc(Br)cc(CC2CCN(CCc3ccccc3OC)CC2)c1. The van der Waals surface area contributed by atoms with E-state index in [9.17, 15) is 0 Å². The number of piperidine rings is 1. The Morgan fingerprint density at radius 2 is 1.81 bits per heavy atom. The highest BCUT2D eigenvalue weighted by atomic mass is 79.9. The number of benzene rings is 2. The Kier molecular flexibility index (Phi) is 6.98. The lowest BCUT2D eigenvalue weighted by atomic mass is 9.90. The fourth-order valence-corrected chi connectivity index (χ4v) is 4.31. The summed E-state index contributed by atoms with van der Waals surface area (Å²) in [6.07, 6.45) is 4.72. The smallest absolute Gasteiger partial charge is 0.122 e. The van der Waals surface area contributed by atoms with E-state index < -0.39 is 0 Å². The highest BCUT2D eigenvalue weighted by Crippen LogP contribution is 2.27. The number of hydrogen-bond donors (Lipinski definition) is 0. The maximum absolute atomic E-state index is 5.46. The van der Waals surface area contributed by atoms with Gasteiger partial charge in [0.05, 0.1) is 14.2 Å². The standard InChI is InChI=1S/C22H28BrNO2/c1-25-21-15-18(14-20(23)16-21)13-17-7-10-24(11-8-17)12-9-19-5-3-4-6-22(19)26-2/h3-6,14-17H,7-13H2,1-2H3. The van der Waals surface area contributed by atoms with Crippen LogP contribution in [0.1, 0.15) is 24.0 Å². The molecule has 0 atom stereocenters. The molecule has 0 bridgehead atoms. The molecular formula is C22H28BrNO2. The molecule has 2 aromatic carbocycles. The first-order chi connectivity index (χ1) is 12.7. The summed E-state index contributed by atoms with van der Waals surface area (Å²) >= 11 is 3.58. The lowest BCUT2D eigenvalue weighted by molar-refractivity contribution is 0.185. The number of methoxy groups -OCH3 is 2. The first-order valence-corrected chi connectivity index (χ1v) is 10.1. The Labute approximate surface area is 165 Å². The molecule has 1 fully saturated rings. The van der Waals surface area contributed by atoms with Gasteiger partial charge in [-0.05, 0) is 80.1 Å². The zero-order valence-corrected chi connectivity index (χ0v) is 17.3. The molecular weight excluding hydrogens is 390 g/mol. The van der Waals surface area contributed by atoms with Crippen LogP contribution in [-0.2, 0) is 12.8 Å². The van der Waals surface area contributed by atoms with Gasteiger partial charge in [-0.15, -0.1) is 0 Å². The second kappa shape index (κ2) is 9.43. The molecule has 0 radical (unpaired) electrons. The van der Waals surface area contributed by atoms with Crippen LogP contribution in [0.5, 0.6) is 11.5 Å². The summed E-state index contributed by atoms with van der Waals surface area (Å²) < 4.78 is 11.9. The Morgan fingerprint density at radius 1 is 1.04 bits per heavy atom. The van der Waals surface area contributed by atoms with Gasteiger partial charge in [-0.3, -0.25) is 0 Å². The van der Waals surface area contributed by atoms with Crippen LogP contribution in [0.15, 0.2) is 46.9 Å². The number of ether oxygens (including phenoxy) is 2. The third kappa shape index (κ3) is 5.24. The summed E-state index contributed by atoms with van der Waals surface area (Å²) in [5.41, 5.74) is 2.67. The predicted octanol–water partition coefficient (Wildman–Crippen LogP) is 4.96. The molecule has 3 nitrogen and oxygen atoms in total. The summed E-state index contributed by atoms with van der Waals surface area (Å²) in [6, 6.07) is 14.8. The van der Waals surface area contributed by atoms with Crippen LogP contribution in [0.25, 0.3) is 0 Å². The largest absolute Gasteiger partial charge is 0.497 e. The van der Waals surface area contributed by atoms with Crippen LogP contribution in [-0.4, -0.2) is 38.8 Å². The van der Waals surface area contributed by atoms with Crippen LogP contribution >= 0.6 is 15.9 Å². The maximum atomic E-state index is 5.46. The second-order valence-corrected chi connectivity index (χ2v) is 7.97. The Morgan fingerprint density at radius 3 is 2.54 bits per heavy atom. The van der Waals surface area contributed by atoms with E-state index in [0.717, 1.165) is 41.3 Å². The third-order valence-electron chi connectivity index (χ3n) is 5.29. The lowest BCUT2D eigenvalue weighted by Crippen LogP contribution is -2.35. The summed E-state index contributed by atoms with van der Waals surface area (Å²) in [7, 11) is 3.48. The molecule has 0 aromatic heterocycles. The van der Waals surface area contributed by atoms with Crippen LogP contribution < -0.4 is 9.47 Å². The molecule has 0 amide bonds. The van der Waals surface area contributed by atoms with E-state index in [1.165, 1.54) is 37.1 Å². The Balaban J connectivity index is 1.48. The molecule has 1 aliphatic rings. The molecule has 0 saturated carbocycles. The van der Waals surface area contributed by atoms with Gasteiger partial charge in [0.15, 0.2) is 0 Å². The van der Waals surface area contributed by atoms with E-state index >= 15 is 0 Å². The van der Waals surface area contributed by atoms with Gasteiger partial charge in [-0.1, -0.05) is 34.1 Å². The maximum Gasteiger partial charge on any atom is 0.122 e. The van der Waals surface area contributed by atoms with Gasteiger partial charge in [0, 0.05) is 11.0 Å². The third-order valence-corrected chi connectivity index (χ3v) is 5.75. The molecule has 2 aromatic rings. The number of halogens is 1. The average molecular weight is 418 g/mol. The van der Waals surface area contributed by atoms with Crippen molar-refractivity contribution in [2.45, 2.75) is 25.7 Å². The number of hydrogen-bond acceptors (Lipinski definition) is 3. The predicted molar refractivity (Wildman–Crippen MR) is 110 cm³/mol. The van der Waals surface area contributed by atoms with Gasteiger partial charge >= 0.3 is 0 Å². The molecule has 140 valence electrons. The van der Waals surface area contributed by atoms with Gasteiger partial charge in [0.1, 0.15) is 11.5 Å². The molecule has 0 aliphatic carbocycles. The molecule has 0 unspecified atom stereocenters. The van der Waals surface area contributed by atoms with E-state index in [-0.39, 0.29) is 0 Å². The van der Waals surface area contributed by atoms with E-state index in [0.29, 0.717) is 0 Å². The van der Waals surface area contributed by atoms with Crippen molar-refractivity contribution in [3.05, 3.63) is 58.1 Å². The van der Waals surface area contributed by atoms with E-state index in [4.69, 9.17) is 9.47 Å². The molecule has 0 spiro atoms. The molecule has 1 heterocycles. The fraction of sp³-hybridized carbons (Fsp3) is 0.455. The fourth-order valence-electron chi connectivity index (χ4n) is 3.79. The van der Waals surface area contributed by atoms with Gasteiger partial charge in [-0.2, -0.15) is 0 Å². The first kappa shape index (κ1) is 19.2. The zero-order valence-electron chi connectivity index (χ0n) is 15.7. The van der Waals surface area contributed by atoms with Gasteiger partial charge in [-0.25, -0.2) is 0 Å². The van der Waals surface area contributed by atoms with Crippen molar-refractivity contribution in [3.63, 3.8) is 0 Å². The monoisotopic (exact) mass is 417 g/mol. The minimum absolute atomic E-state index is 0.761. The Bertz CT molecular complexity index is 711. The number of likely N-dealkylation sites (tertiary alicyclic amines) is 1. The molecule has 1 saturated heterocycles. The van der Waals surface area contributed by atoms with Gasteiger partial charge in [0.25, 0.3) is 0 Å². The van der Waals surface area contributed by atoms with E-state index in [2.05, 4.69) is 45.1 Å². The van der Waals surface area contributed by atoms with Crippen molar-refractivity contribution in [1.29, 1.82) is 0 Å². The van der Waals surface area contributed by atoms with Gasteiger partial charge < -0.3 is 14.4 Å². The first-order valence-electron chi connectivity index (χ1n) is 9.35. The molecule has 1 aliphatic heterocycles. The van der Waals surface area contributed by atoms with Crippen LogP contribution in [0.2, 0.25) is 0 Å². The summed E-state index contributed by atoms with van der Waals surface area (Å²) in [5, 5.41) is 0.